The maximum atomic E-state index is 12.3. The second-order valence-electron chi connectivity index (χ2n) is 6.48. The molecule has 0 unspecified atom stereocenters. The summed E-state index contributed by atoms with van der Waals surface area (Å²) in [5.74, 6) is 0.679. The average molecular weight is 402 g/mol. The van der Waals surface area contributed by atoms with Crippen molar-refractivity contribution in [3.05, 3.63) is 78.1 Å². The first-order valence-corrected chi connectivity index (χ1v) is 9.69. The standard InChI is InChI=1S/C21H17F3N2OS/c22-21(23,24)27-19-7-4-15(5-8-19)16-6-9-20-17(11-16)12-26(14-28-20)13-18-3-1-2-10-25-18/h1-11H,12-14H2. The third kappa shape index (κ3) is 4.66. The molecule has 0 saturated heterocycles. The highest BCUT2D eigenvalue weighted by Gasteiger charge is 2.31. The zero-order chi connectivity index (χ0) is 19.6. The van der Waals surface area contributed by atoms with Crippen molar-refractivity contribution in [2.75, 3.05) is 5.88 Å². The van der Waals surface area contributed by atoms with E-state index < -0.39 is 6.36 Å². The molecule has 3 aromatic rings. The first kappa shape index (κ1) is 18.8. The Labute approximate surface area is 165 Å². The lowest BCUT2D eigenvalue weighted by Gasteiger charge is -2.28. The number of ether oxygens (including phenoxy) is 1. The Morgan fingerprint density at radius 1 is 1.00 bits per heavy atom. The van der Waals surface area contributed by atoms with Crippen LogP contribution in [0.15, 0.2) is 71.8 Å². The van der Waals surface area contributed by atoms with Gasteiger partial charge in [-0.25, -0.2) is 0 Å². The zero-order valence-electron chi connectivity index (χ0n) is 14.8. The van der Waals surface area contributed by atoms with Crippen LogP contribution in [0.4, 0.5) is 13.2 Å². The second kappa shape index (κ2) is 7.85. The molecule has 1 aliphatic rings. The van der Waals surface area contributed by atoms with Gasteiger partial charge in [0.1, 0.15) is 5.75 Å². The van der Waals surface area contributed by atoms with Crippen molar-refractivity contribution in [1.82, 2.24) is 9.88 Å². The molecule has 2 aromatic carbocycles. The summed E-state index contributed by atoms with van der Waals surface area (Å²) >= 11 is 1.78. The topological polar surface area (TPSA) is 25.4 Å². The van der Waals surface area contributed by atoms with Gasteiger partial charge in [0.15, 0.2) is 0 Å². The van der Waals surface area contributed by atoms with Gasteiger partial charge in [-0.15, -0.1) is 24.9 Å². The smallest absolute Gasteiger partial charge is 0.406 e. The molecule has 0 fully saturated rings. The van der Waals surface area contributed by atoms with Crippen LogP contribution in [-0.4, -0.2) is 22.1 Å². The van der Waals surface area contributed by atoms with E-state index >= 15 is 0 Å². The third-order valence-electron chi connectivity index (χ3n) is 4.39. The number of hydrogen-bond donors (Lipinski definition) is 0. The number of thioether (sulfide) groups is 1. The Hall–Kier alpha value is -2.51. The third-order valence-corrected chi connectivity index (χ3v) is 5.59. The van der Waals surface area contributed by atoms with E-state index in [-0.39, 0.29) is 5.75 Å². The number of pyridine rings is 1. The van der Waals surface area contributed by atoms with Crippen molar-refractivity contribution in [3.8, 4) is 16.9 Å². The van der Waals surface area contributed by atoms with Crippen LogP contribution in [0.5, 0.6) is 5.75 Å². The van der Waals surface area contributed by atoms with E-state index in [4.69, 9.17) is 0 Å². The fraction of sp³-hybridized carbons (Fsp3) is 0.190. The predicted octanol–water partition coefficient (Wildman–Crippen LogP) is 5.71. The van der Waals surface area contributed by atoms with Gasteiger partial charge in [-0.05, 0) is 53.1 Å². The summed E-state index contributed by atoms with van der Waals surface area (Å²) < 4.78 is 40.9. The summed E-state index contributed by atoms with van der Waals surface area (Å²) in [7, 11) is 0. The summed E-state index contributed by atoms with van der Waals surface area (Å²) in [6.07, 6.45) is -2.88. The van der Waals surface area contributed by atoms with Crippen molar-refractivity contribution < 1.29 is 17.9 Å². The van der Waals surface area contributed by atoms with Gasteiger partial charge in [0.2, 0.25) is 0 Å². The number of rotatable bonds is 4. The van der Waals surface area contributed by atoms with Gasteiger partial charge in [0.05, 0.1) is 5.69 Å². The Bertz CT molecular complexity index is 946. The lowest BCUT2D eigenvalue weighted by atomic mass is 10.0. The van der Waals surface area contributed by atoms with E-state index in [1.54, 1.807) is 30.1 Å². The molecule has 4 rings (SSSR count). The molecular weight excluding hydrogens is 385 g/mol. The molecule has 1 aliphatic heterocycles. The number of alkyl halides is 3. The molecule has 0 atom stereocenters. The minimum absolute atomic E-state index is 0.216. The quantitative estimate of drug-likeness (QED) is 0.558. The van der Waals surface area contributed by atoms with Crippen molar-refractivity contribution >= 4 is 11.8 Å². The van der Waals surface area contributed by atoms with Gasteiger partial charge in [-0.2, -0.15) is 0 Å². The number of aromatic nitrogens is 1. The Kier molecular flexibility index (Phi) is 5.28. The van der Waals surface area contributed by atoms with Crippen molar-refractivity contribution in [3.63, 3.8) is 0 Å². The summed E-state index contributed by atoms with van der Waals surface area (Å²) in [5.41, 5.74) is 4.06. The molecule has 0 amide bonds. The first-order valence-electron chi connectivity index (χ1n) is 8.70. The molecule has 7 heteroatoms. The molecule has 144 valence electrons. The second-order valence-corrected chi connectivity index (χ2v) is 7.46. The van der Waals surface area contributed by atoms with Crippen LogP contribution in [0.2, 0.25) is 0 Å². The molecule has 0 radical (unpaired) electrons. The Morgan fingerprint density at radius 3 is 2.50 bits per heavy atom. The molecular formula is C21H17F3N2OS. The minimum atomic E-state index is -4.68. The maximum absolute atomic E-state index is 12.3. The monoisotopic (exact) mass is 402 g/mol. The number of benzene rings is 2. The minimum Gasteiger partial charge on any atom is -0.406 e. The van der Waals surface area contributed by atoms with Crippen LogP contribution in [-0.2, 0) is 13.1 Å². The van der Waals surface area contributed by atoms with E-state index in [2.05, 4.69) is 26.8 Å². The fourth-order valence-electron chi connectivity index (χ4n) is 3.14. The lowest BCUT2D eigenvalue weighted by Crippen LogP contribution is -2.26. The molecule has 28 heavy (non-hydrogen) atoms. The molecule has 0 saturated carbocycles. The summed E-state index contributed by atoms with van der Waals surface area (Å²) in [6, 6.07) is 18.0. The van der Waals surface area contributed by atoms with Gasteiger partial charge in [-0.3, -0.25) is 9.88 Å². The molecule has 0 spiro atoms. The van der Waals surface area contributed by atoms with E-state index in [0.29, 0.717) is 0 Å². The van der Waals surface area contributed by atoms with Gasteiger partial charge < -0.3 is 4.74 Å². The van der Waals surface area contributed by atoms with Gasteiger partial charge >= 0.3 is 6.36 Å². The van der Waals surface area contributed by atoms with Crippen molar-refractivity contribution in [1.29, 1.82) is 0 Å². The summed E-state index contributed by atoms with van der Waals surface area (Å²) in [6.45, 7) is 1.59. The number of fused-ring (bicyclic) bond motifs is 1. The molecule has 1 aromatic heterocycles. The van der Waals surface area contributed by atoms with E-state index in [1.807, 2.05) is 24.3 Å². The van der Waals surface area contributed by atoms with E-state index in [9.17, 15) is 13.2 Å². The van der Waals surface area contributed by atoms with Crippen LogP contribution in [0.1, 0.15) is 11.3 Å². The fourth-order valence-corrected chi connectivity index (χ4v) is 4.12. The van der Waals surface area contributed by atoms with Crippen LogP contribution in [0.25, 0.3) is 11.1 Å². The van der Waals surface area contributed by atoms with Crippen LogP contribution in [0.3, 0.4) is 0 Å². The number of nitrogens with zero attached hydrogens (tertiary/aromatic N) is 2. The molecule has 3 nitrogen and oxygen atoms in total. The van der Waals surface area contributed by atoms with Crippen LogP contribution in [0, 0.1) is 0 Å². The van der Waals surface area contributed by atoms with Gasteiger partial charge in [-0.1, -0.05) is 24.3 Å². The largest absolute Gasteiger partial charge is 0.573 e. The Balaban J connectivity index is 1.50. The highest BCUT2D eigenvalue weighted by molar-refractivity contribution is 7.99. The normalized spacial score (nSPS) is 14.5. The number of hydrogen-bond acceptors (Lipinski definition) is 4. The van der Waals surface area contributed by atoms with E-state index in [1.165, 1.54) is 22.6 Å². The van der Waals surface area contributed by atoms with Crippen molar-refractivity contribution in [2.24, 2.45) is 0 Å². The van der Waals surface area contributed by atoms with Crippen LogP contribution < -0.4 is 4.74 Å². The SMILES string of the molecule is FC(F)(F)Oc1ccc(-c2ccc3c(c2)CN(Cc2ccccn2)CS3)cc1. The Morgan fingerprint density at radius 2 is 1.79 bits per heavy atom. The zero-order valence-corrected chi connectivity index (χ0v) is 15.6. The molecule has 0 N–H and O–H groups in total. The number of halogens is 3. The van der Waals surface area contributed by atoms with Gasteiger partial charge in [0, 0.05) is 30.1 Å². The summed E-state index contributed by atoms with van der Waals surface area (Å²) in [4.78, 5) is 7.94. The van der Waals surface area contributed by atoms with Crippen molar-refractivity contribution in [2.45, 2.75) is 24.3 Å². The molecule has 0 bridgehead atoms. The highest BCUT2D eigenvalue weighted by Crippen LogP contribution is 2.34. The predicted molar refractivity (Wildman–Crippen MR) is 103 cm³/mol. The molecule has 2 heterocycles. The summed E-state index contributed by atoms with van der Waals surface area (Å²) in [5, 5.41) is 0. The van der Waals surface area contributed by atoms with E-state index in [0.717, 1.165) is 35.8 Å². The van der Waals surface area contributed by atoms with Crippen LogP contribution >= 0.6 is 11.8 Å². The van der Waals surface area contributed by atoms with Gasteiger partial charge in [0.25, 0.3) is 0 Å². The average Bonchev–Trinajstić information content (AvgIpc) is 2.68. The lowest BCUT2D eigenvalue weighted by molar-refractivity contribution is -0.274. The highest BCUT2D eigenvalue weighted by atomic mass is 32.2. The first-order chi connectivity index (χ1) is 13.5. The maximum Gasteiger partial charge on any atom is 0.573 e. The molecule has 0 aliphatic carbocycles.